The summed E-state index contributed by atoms with van der Waals surface area (Å²) in [6.45, 7) is 0. The first-order valence-corrected chi connectivity index (χ1v) is 6.28. The zero-order valence-electron chi connectivity index (χ0n) is 9.25. The lowest BCUT2D eigenvalue weighted by molar-refractivity contribution is 0.0692. The predicted molar refractivity (Wildman–Crippen MR) is 68.4 cm³/mol. The summed E-state index contributed by atoms with van der Waals surface area (Å²) in [5.41, 5.74) is 2.02. The van der Waals surface area contributed by atoms with Gasteiger partial charge in [-0.25, -0.2) is 9.78 Å². The van der Waals surface area contributed by atoms with Crippen LogP contribution in [0.15, 0.2) is 47.5 Å². The molecule has 0 aliphatic heterocycles. The summed E-state index contributed by atoms with van der Waals surface area (Å²) in [5, 5.41) is 9.55. The number of carboxylic acid groups (broad SMARTS) is 1. The van der Waals surface area contributed by atoms with Crippen LogP contribution < -0.4 is 0 Å². The molecule has 0 radical (unpaired) electrons. The van der Waals surface area contributed by atoms with Crippen LogP contribution in [0.4, 0.5) is 0 Å². The molecule has 0 atom stereocenters. The van der Waals surface area contributed by atoms with Crippen molar-refractivity contribution in [2.45, 2.75) is 5.03 Å². The molecule has 0 bridgehead atoms. The van der Waals surface area contributed by atoms with Gasteiger partial charge in [-0.3, -0.25) is 0 Å². The quantitative estimate of drug-likeness (QED) is 0.844. The fraction of sp³-hybridized carbons (Fsp3) is 0.0769. The van der Waals surface area contributed by atoms with Gasteiger partial charge < -0.3 is 5.11 Å². The van der Waals surface area contributed by atoms with Gasteiger partial charge in [-0.2, -0.15) is 0 Å². The normalized spacial score (nSPS) is 10.2. The van der Waals surface area contributed by atoms with Gasteiger partial charge in [0, 0.05) is 5.56 Å². The fourth-order valence-electron chi connectivity index (χ4n) is 1.53. The van der Waals surface area contributed by atoms with Crippen LogP contribution in [0, 0.1) is 0 Å². The molecule has 1 heterocycles. The number of hydrogen-bond acceptors (Lipinski definition) is 3. The monoisotopic (exact) mass is 245 g/mol. The molecule has 1 N–H and O–H groups in total. The third kappa shape index (κ3) is 2.47. The summed E-state index contributed by atoms with van der Waals surface area (Å²) in [6, 6.07) is 13.0. The van der Waals surface area contributed by atoms with Crippen molar-refractivity contribution >= 4 is 17.7 Å². The molecule has 0 aliphatic rings. The number of rotatable bonds is 3. The highest BCUT2D eigenvalue weighted by atomic mass is 32.2. The molecule has 0 saturated carbocycles. The molecular weight excluding hydrogens is 234 g/mol. The lowest BCUT2D eigenvalue weighted by Crippen LogP contribution is -2.01. The Labute approximate surface area is 104 Å². The lowest BCUT2D eigenvalue weighted by atomic mass is 10.1. The minimum absolute atomic E-state index is 0.247. The Balaban J connectivity index is 2.49. The second-order valence-electron chi connectivity index (χ2n) is 3.42. The topological polar surface area (TPSA) is 50.2 Å². The Hall–Kier alpha value is -1.81. The van der Waals surface area contributed by atoms with Crippen molar-refractivity contribution in [3.63, 3.8) is 0 Å². The molecular formula is C13H11NO2S. The van der Waals surface area contributed by atoms with E-state index in [0.29, 0.717) is 5.03 Å². The highest BCUT2D eigenvalue weighted by Gasteiger charge is 2.11. The average Bonchev–Trinajstić information content (AvgIpc) is 2.39. The number of nitrogens with zero attached hydrogens (tertiary/aromatic N) is 1. The first-order chi connectivity index (χ1) is 8.22. The van der Waals surface area contributed by atoms with Crippen LogP contribution in [0.1, 0.15) is 10.4 Å². The Kier molecular flexibility index (Phi) is 3.44. The van der Waals surface area contributed by atoms with E-state index in [1.807, 2.05) is 36.6 Å². The zero-order valence-corrected chi connectivity index (χ0v) is 10.1. The van der Waals surface area contributed by atoms with Crippen molar-refractivity contribution in [2.24, 2.45) is 0 Å². The molecule has 0 unspecified atom stereocenters. The number of carbonyl (C=O) groups is 1. The van der Waals surface area contributed by atoms with Gasteiger partial charge in [0.1, 0.15) is 5.03 Å². The predicted octanol–water partition coefficient (Wildman–Crippen LogP) is 3.17. The number of thioether (sulfide) groups is 1. The van der Waals surface area contributed by atoms with Gasteiger partial charge in [0.25, 0.3) is 0 Å². The summed E-state index contributed by atoms with van der Waals surface area (Å²) in [5.74, 6) is -0.943. The first-order valence-electron chi connectivity index (χ1n) is 5.06. The van der Waals surface area contributed by atoms with Crippen LogP contribution in [0.25, 0.3) is 11.3 Å². The van der Waals surface area contributed by atoms with Crippen molar-refractivity contribution in [1.29, 1.82) is 0 Å². The minimum Gasteiger partial charge on any atom is -0.478 e. The molecule has 2 rings (SSSR count). The van der Waals surface area contributed by atoms with E-state index in [1.165, 1.54) is 11.8 Å². The van der Waals surface area contributed by atoms with E-state index in [4.69, 9.17) is 5.11 Å². The highest BCUT2D eigenvalue weighted by molar-refractivity contribution is 7.98. The summed E-state index contributed by atoms with van der Waals surface area (Å²) in [6.07, 6.45) is 1.82. The van der Waals surface area contributed by atoms with Crippen LogP contribution in [-0.4, -0.2) is 22.3 Å². The summed E-state index contributed by atoms with van der Waals surface area (Å²) < 4.78 is 0. The Morgan fingerprint density at radius 1 is 1.18 bits per heavy atom. The van der Waals surface area contributed by atoms with Gasteiger partial charge in [0.2, 0.25) is 0 Å². The van der Waals surface area contributed by atoms with Gasteiger partial charge in [0.05, 0.1) is 11.3 Å². The SMILES string of the molecule is CSc1nc(-c2ccccc2)ccc1C(=O)O. The second kappa shape index (κ2) is 5.01. The van der Waals surface area contributed by atoms with E-state index in [2.05, 4.69) is 4.98 Å². The smallest absolute Gasteiger partial charge is 0.338 e. The molecule has 0 spiro atoms. The van der Waals surface area contributed by atoms with E-state index in [1.54, 1.807) is 12.1 Å². The molecule has 1 aromatic heterocycles. The number of aromatic carboxylic acids is 1. The van der Waals surface area contributed by atoms with Crippen molar-refractivity contribution in [3.8, 4) is 11.3 Å². The summed E-state index contributed by atoms with van der Waals surface area (Å²) in [4.78, 5) is 15.3. The van der Waals surface area contributed by atoms with Gasteiger partial charge in [-0.05, 0) is 18.4 Å². The number of hydrogen-bond donors (Lipinski definition) is 1. The molecule has 0 amide bonds. The number of carboxylic acids is 1. The first kappa shape index (κ1) is 11.7. The molecule has 0 saturated heterocycles. The maximum absolute atomic E-state index is 11.0. The second-order valence-corrected chi connectivity index (χ2v) is 4.22. The minimum atomic E-state index is -0.943. The van der Waals surface area contributed by atoms with Crippen LogP contribution in [0.2, 0.25) is 0 Å². The molecule has 0 fully saturated rings. The number of aromatic nitrogens is 1. The van der Waals surface area contributed by atoms with Crippen LogP contribution in [0.3, 0.4) is 0 Å². The molecule has 4 heteroatoms. The fourth-order valence-corrected chi connectivity index (χ4v) is 2.09. The molecule has 0 aliphatic carbocycles. The number of benzene rings is 1. The van der Waals surface area contributed by atoms with E-state index in [0.717, 1.165) is 11.3 Å². The lowest BCUT2D eigenvalue weighted by Gasteiger charge is -2.05. The van der Waals surface area contributed by atoms with Crippen molar-refractivity contribution in [2.75, 3.05) is 6.26 Å². The standard InChI is InChI=1S/C13H11NO2S/c1-17-12-10(13(15)16)7-8-11(14-12)9-5-3-2-4-6-9/h2-8H,1H3,(H,15,16). The van der Waals surface area contributed by atoms with Crippen LogP contribution >= 0.6 is 11.8 Å². The van der Waals surface area contributed by atoms with E-state index in [9.17, 15) is 4.79 Å². The largest absolute Gasteiger partial charge is 0.478 e. The highest BCUT2D eigenvalue weighted by Crippen LogP contribution is 2.23. The van der Waals surface area contributed by atoms with Crippen LogP contribution in [0.5, 0.6) is 0 Å². The molecule has 2 aromatic rings. The van der Waals surface area contributed by atoms with E-state index >= 15 is 0 Å². The molecule has 1 aromatic carbocycles. The Morgan fingerprint density at radius 3 is 2.47 bits per heavy atom. The molecule has 86 valence electrons. The maximum Gasteiger partial charge on any atom is 0.338 e. The van der Waals surface area contributed by atoms with Crippen molar-refractivity contribution < 1.29 is 9.90 Å². The van der Waals surface area contributed by atoms with Gasteiger partial charge in [-0.15, -0.1) is 11.8 Å². The Bertz CT molecular complexity index is 540. The summed E-state index contributed by atoms with van der Waals surface area (Å²) in [7, 11) is 0. The van der Waals surface area contributed by atoms with E-state index < -0.39 is 5.97 Å². The van der Waals surface area contributed by atoms with Gasteiger partial charge in [-0.1, -0.05) is 30.3 Å². The van der Waals surface area contributed by atoms with Crippen molar-refractivity contribution in [3.05, 3.63) is 48.0 Å². The number of pyridine rings is 1. The van der Waals surface area contributed by atoms with E-state index in [-0.39, 0.29) is 5.56 Å². The summed E-state index contributed by atoms with van der Waals surface area (Å²) >= 11 is 1.34. The zero-order chi connectivity index (χ0) is 12.3. The third-order valence-corrected chi connectivity index (χ3v) is 3.05. The average molecular weight is 245 g/mol. The van der Waals surface area contributed by atoms with Gasteiger partial charge >= 0.3 is 5.97 Å². The van der Waals surface area contributed by atoms with Crippen molar-refractivity contribution in [1.82, 2.24) is 4.98 Å². The maximum atomic E-state index is 11.0. The Morgan fingerprint density at radius 2 is 1.88 bits per heavy atom. The third-order valence-electron chi connectivity index (χ3n) is 2.35. The van der Waals surface area contributed by atoms with Crippen LogP contribution in [-0.2, 0) is 0 Å². The molecule has 3 nitrogen and oxygen atoms in total. The van der Waals surface area contributed by atoms with Gasteiger partial charge in [0.15, 0.2) is 0 Å². The molecule has 17 heavy (non-hydrogen) atoms.